The third-order valence-electron chi connectivity index (χ3n) is 2.93. The van der Waals surface area contributed by atoms with Crippen LogP contribution < -0.4 is 5.32 Å². The van der Waals surface area contributed by atoms with Crippen molar-refractivity contribution in [2.75, 3.05) is 0 Å². The van der Waals surface area contributed by atoms with Crippen molar-refractivity contribution in [3.05, 3.63) is 65.5 Å². The van der Waals surface area contributed by atoms with Gasteiger partial charge in [-0.3, -0.25) is 5.32 Å². The highest BCUT2D eigenvalue weighted by atomic mass is 32.2. The molecule has 2 aromatic carbocycles. The minimum Gasteiger partial charge on any atom is -0.286 e. The lowest BCUT2D eigenvalue weighted by molar-refractivity contribution is 0.526. The minimum atomic E-state index is -0.220. The van der Waals surface area contributed by atoms with E-state index in [-0.39, 0.29) is 12.0 Å². The Bertz CT molecular complexity index is 598. The standard InChI is InChI=1S/C14H12FN3S/c15-11-7-5-10(6-8-11)9-16-14-12-3-1-2-4-13(12)19-18-17-14/h1-8,14,16H,9H2. The predicted molar refractivity (Wildman–Crippen MR) is 73.1 cm³/mol. The Labute approximate surface area is 115 Å². The van der Waals surface area contributed by atoms with E-state index >= 15 is 0 Å². The van der Waals surface area contributed by atoms with Crippen molar-refractivity contribution >= 4 is 11.9 Å². The van der Waals surface area contributed by atoms with Crippen molar-refractivity contribution in [1.82, 2.24) is 5.32 Å². The van der Waals surface area contributed by atoms with Crippen LogP contribution in [0.15, 0.2) is 63.1 Å². The summed E-state index contributed by atoms with van der Waals surface area (Å²) < 4.78 is 16.9. The van der Waals surface area contributed by atoms with Gasteiger partial charge in [0.15, 0.2) is 0 Å². The Hall–Kier alpha value is -1.72. The molecule has 0 spiro atoms. The van der Waals surface area contributed by atoms with Crippen molar-refractivity contribution in [3.8, 4) is 0 Å². The van der Waals surface area contributed by atoms with Crippen molar-refractivity contribution in [1.29, 1.82) is 0 Å². The maximum Gasteiger partial charge on any atom is 0.149 e. The minimum absolute atomic E-state index is 0.137. The molecule has 19 heavy (non-hydrogen) atoms. The lowest BCUT2D eigenvalue weighted by atomic mass is 10.1. The van der Waals surface area contributed by atoms with E-state index in [1.54, 1.807) is 12.1 Å². The molecule has 3 rings (SSSR count). The van der Waals surface area contributed by atoms with Gasteiger partial charge in [-0.15, -0.1) is 4.52 Å². The third kappa shape index (κ3) is 2.83. The molecule has 1 atom stereocenters. The molecule has 1 N–H and O–H groups in total. The first-order valence-corrected chi connectivity index (χ1v) is 6.74. The largest absolute Gasteiger partial charge is 0.286 e. The molecular formula is C14H12FN3S. The Morgan fingerprint density at radius 3 is 2.74 bits per heavy atom. The molecule has 3 nitrogen and oxygen atoms in total. The molecule has 0 aromatic heterocycles. The van der Waals surface area contributed by atoms with E-state index in [4.69, 9.17) is 0 Å². The Morgan fingerprint density at radius 2 is 1.89 bits per heavy atom. The van der Waals surface area contributed by atoms with Gasteiger partial charge in [-0.05, 0) is 23.8 Å². The van der Waals surface area contributed by atoms with Crippen LogP contribution in [0.25, 0.3) is 0 Å². The van der Waals surface area contributed by atoms with Crippen molar-refractivity contribution in [2.45, 2.75) is 17.6 Å². The summed E-state index contributed by atoms with van der Waals surface area (Å²) in [5, 5.41) is 7.52. The Kier molecular flexibility index (Phi) is 3.57. The molecule has 2 aromatic rings. The lowest BCUT2D eigenvalue weighted by Gasteiger charge is -2.19. The summed E-state index contributed by atoms with van der Waals surface area (Å²) in [4.78, 5) is 1.12. The first kappa shape index (κ1) is 12.3. The van der Waals surface area contributed by atoms with E-state index in [9.17, 15) is 4.39 Å². The summed E-state index contributed by atoms with van der Waals surface area (Å²) in [6, 6.07) is 14.5. The fourth-order valence-corrected chi connectivity index (χ4v) is 2.59. The smallest absolute Gasteiger partial charge is 0.149 e. The first-order valence-electron chi connectivity index (χ1n) is 5.97. The third-order valence-corrected chi connectivity index (χ3v) is 3.67. The zero-order valence-corrected chi connectivity index (χ0v) is 10.9. The summed E-state index contributed by atoms with van der Waals surface area (Å²) in [5.41, 5.74) is 2.15. The molecule has 1 heterocycles. The van der Waals surface area contributed by atoms with Crippen LogP contribution in [-0.4, -0.2) is 0 Å². The zero-order chi connectivity index (χ0) is 13.1. The van der Waals surface area contributed by atoms with Crippen LogP contribution >= 0.6 is 11.9 Å². The van der Waals surface area contributed by atoms with Gasteiger partial charge in [0, 0.05) is 29.0 Å². The second-order valence-electron chi connectivity index (χ2n) is 4.24. The predicted octanol–water partition coefficient (Wildman–Crippen LogP) is 4.09. The van der Waals surface area contributed by atoms with Gasteiger partial charge in [-0.25, -0.2) is 4.39 Å². The molecular weight excluding hydrogens is 261 g/mol. The van der Waals surface area contributed by atoms with Crippen molar-refractivity contribution in [3.63, 3.8) is 0 Å². The number of halogens is 1. The number of hydrogen-bond donors (Lipinski definition) is 1. The number of rotatable bonds is 3. The molecule has 0 radical (unpaired) electrons. The Morgan fingerprint density at radius 1 is 1.11 bits per heavy atom. The van der Waals surface area contributed by atoms with Crippen LogP contribution in [0.4, 0.5) is 4.39 Å². The van der Waals surface area contributed by atoms with Crippen molar-refractivity contribution < 1.29 is 4.39 Å². The van der Waals surface area contributed by atoms with E-state index in [0.717, 1.165) is 16.0 Å². The van der Waals surface area contributed by atoms with Gasteiger partial charge in [0.05, 0.1) is 0 Å². The molecule has 0 fully saturated rings. The fourth-order valence-electron chi connectivity index (χ4n) is 1.93. The first-order chi connectivity index (χ1) is 9.33. The molecule has 1 unspecified atom stereocenters. The van der Waals surface area contributed by atoms with Crippen molar-refractivity contribution in [2.24, 2.45) is 9.63 Å². The molecule has 0 saturated heterocycles. The number of nitrogens with one attached hydrogen (secondary N) is 1. The lowest BCUT2D eigenvalue weighted by Crippen LogP contribution is -2.20. The van der Waals surface area contributed by atoms with Crippen LogP contribution in [0.3, 0.4) is 0 Å². The van der Waals surface area contributed by atoms with E-state index in [1.165, 1.54) is 24.1 Å². The monoisotopic (exact) mass is 273 g/mol. The highest BCUT2D eigenvalue weighted by molar-refractivity contribution is 7.98. The quantitative estimate of drug-likeness (QED) is 0.855. The van der Waals surface area contributed by atoms with E-state index < -0.39 is 0 Å². The topological polar surface area (TPSA) is 36.8 Å². The van der Waals surface area contributed by atoms with Gasteiger partial charge in [-0.2, -0.15) is 5.11 Å². The second kappa shape index (κ2) is 5.50. The van der Waals surface area contributed by atoms with Crippen LogP contribution in [0.2, 0.25) is 0 Å². The fraction of sp³-hybridized carbons (Fsp3) is 0.143. The number of hydrogen-bond acceptors (Lipinski definition) is 4. The Balaban J connectivity index is 1.72. The summed E-state index contributed by atoms with van der Waals surface area (Å²) in [6.45, 7) is 0.628. The summed E-state index contributed by atoms with van der Waals surface area (Å²) in [6.07, 6.45) is -0.137. The van der Waals surface area contributed by atoms with Gasteiger partial charge in [0.25, 0.3) is 0 Å². The normalized spacial score (nSPS) is 17.2. The van der Waals surface area contributed by atoms with Gasteiger partial charge in [0.2, 0.25) is 0 Å². The number of nitrogens with zero attached hydrogens (tertiary/aromatic N) is 2. The van der Waals surface area contributed by atoms with Crippen LogP contribution in [0, 0.1) is 5.82 Å². The van der Waals surface area contributed by atoms with Crippen LogP contribution in [0.1, 0.15) is 17.3 Å². The van der Waals surface area contributed by atoms with Gasteiger partial charge in [0.1, 0.15) is 12.0 Å². The molecule has 96 valence electrons. The SMILES string of the molecule is Fc1ccc(CNC2N=NSc3ccccc32)cc1. The van der Waals surface area contributed by atoms with Gasteiger partial charge < -0.3 is 0 Å². The van der Waals surface area contributed by atoms with Crippen LogP contribution in [0.5, 0.6) is 0 Å². The van der Waals surface area contributed by atoms with Gasteiger partial charge >= 0.3 is 0 Å². The average molecular weight is 273 g/mol. The van der Waals surface area contributed by atoms with E-state index in [0.29, 0.717) is 6.54 Å². The van der Waals surface area contributed by atoms with E-state index in [1.807, 2.05) is 24.3 Å². The highest BCUT2D eigenvalue weighted by Crippen LogP contribution is 2.34. The summed E-state index contributed by atoms with van der Waals surface area (Å²) in [7, 11) is 0. The number of benzene rings is 2. The maximum absolute atomic E-state index is 12.8. The zero-order valence-electron chi connectivity index (χ0n) is 10.1. The molecule has 0 bridgehead atoms. The molecule has 0 amide bonds. The molecule has 1 aliphatic rings. The van der Waals surface area contributed by atoms with Gasteiger partial charge in [-0.1, -0.05) is 30.3 Å². The summed E-state index contributed by atoms with van der Waals surface area (Å²) in [5.74, 6) is -0.220. The molecule has 0 saturated carbocycles. The maximum atomic E-state index is 12.8. The average Bonchev–Trinajstić information content (AvgIpc) is 2.47. The number of fused-ring (bicyclic) bond motifs is 1. The summed E-state index contributed by atoms with van der Waals surface area (Å²) >= 11 is 1.38. The molecule has 1 aliphatic heterocycles. The van der Waals surface area contributed by atoms with E-state index in [2.05, 4.69) is 15.0 Å². The molecule has 0 aliphatic carbocycles. The molecule has 5 heteroatoms. The highest BCUT2D eigenvalue weighted by Gasteiger charge is 2.17. The second-order valence-corrected chi connectivity index (χ2v) is 5.02. The van der Waals surface area contributed by atoms with Crippen LogP contribution in [-0.2, 0) is 6.54 Å².